The van der Waals surface area contributed by atoms with Gasteiger partial charge in [0.05, 0.1) is 17.4 Å². The van der Waals surface area contributed by atoms with Crippen molar-refractivity contribution in [3.63, 3.8) is 0 Å². The highest BCUT2D eigenvalue weighted by Crippen LogP contribution is 2.16. The van der Waals surface area contributed by atoms with E-state index in [2.05, 4.69) is 15.5 Å². The number of oxime groups is 1. The van der Waals surface area contributed by atoms with E-state index in [0.29, 0.717) is 16.1 Å². The molecule has 7 heteroatoms. The summed E-state index contributed by atoms with van der Waals surface area (Å²) in [6, 6.07) is 6.80. The molecule has 0 fully saturated rings. The fraction of sp³-hybridized carbons (Fsp3) is 0. The van der Waals surface area contributed by atoms with Crippen LogP contribution in [-0.4, -0.2) is 21.9 Å². The lowest BCUT2D eigenvalue weighted by Crippen LogP contribution is -2.18. The third kappa shape index (κ3) is 2.46. The summed E-state index contributed by atoms with van der Waals surface area (Å²) >= 11 is 1.24. The van der Waals surface area contributed by atoms with Gasteiger partial charge >= 0.3 is 0 Å². The van der Waals surface area contributed by atoms with Gasteiger partial charge in [-0.3, -0.25) is 9.78 Å². The van der Waals surface area contributed by atoms with Gasteiger partial charge in [0.15, 0.2) is 5.84 Å². The van der Waals surface area contributed by atoms with Crippen molar-refractivity contribution in [2.45, 2.75) is 0 Å². The van der Waals surface area contributed by atoms with Crippen LogP contribution in [0.2, 0.25) is 0 Å². The Balaban J connectivity index is 2.27. The van der Waals surface area contributed by atoms with Crippen LogP contribution in [0.1, 0.15) is 15.2 Å². The minimum atomic E-state index is -0.282. The minimum Gasteiger partial charge on any atom is -0.409 e. The highest BCUT2D eigenvalue weighted by Gasteiger charge is 2.12. The number of hydrogen-bond acceptors (Lipinski definition) is 5. The van der Waals surface area contributed by atoms with Crippen LogP contribution in [0.4, 0.5) is 5.69 Å². The minimum absolute atomic E-state index is 0.0600. The number of nitrogens with one attached hydrogen (secondary N) is 1. The largest absolute Gasteiger partial charge is 0.409 e. The number of rotatable bonds is 3. The fourth-order valence-electron chi connectivity index (χ4n) is 1.38. The van der Waals surface area contributed by atoms with Crippen molar-refractivity contribution in [1.82, 2.24) is 4.98 Å². The summed E-state index contributed by atoms with van der Waals surface area (Å²) in [5.41, 5.74) is 8.04. The van der Waals surface area contributed by atoms with Crippen molar-refractivity contribution in [2.75, 3.05) is 5.32 Å². The summed E-state index contributed by atoms with van der Waals surface area (Å²) < 4.78 is 0. The molecule has 0 saturated carbocycles. The number of carbonyl (C=O) groups excluding carboxylic acids is 1. The van der Waals surface area contributed by atoms with E-state index in [1.807, 2.05) is 0 Å². The summed E-state index contributed by atoms with van der Waals surface area (Å²) in [6.07, 6.45) is 1.48. The summed E-state index contributed by atoms with van der Waals surface area (Å²) in [6.45, 7) is 0. The maximum atomic E-state index is 11.9. The number of amidine groups is 1. The SMILES string of the molecule is N/C(=N/O)c1ccccc1NC(=O)c1cncs1. The van der Waals surface area contributed by atoms with Crippen molar-refractivity contribution >= 4 is 28.8 Å². The second-order valence-corrected chi connectivity index (χ2v) is 4.24. The molecule has 0 unspecified atom stereocenters. The van der Waals surface area contributed by atoms with Crippen molar-refractivity contribution in [3.8, 4) is 0 Å². The smallest absolute Gasteiger partial charge is 0.267 e. The lowest BCUT2D eigenvalue weighted by atomic mass is 10.1. The Morgan fingerprint density at radius 2 is 2.22 bits per heavy atom. The maximum absolute atomic E-state index is 11.9. The number of carbonyl (C=O) groups is 1. The molecule has 1 heterocycles. The molecule has 0 spiro atoms. The Labute approximate surface area is 107 Å². The molecule has 0 radical (unpaired) electrons. The molecule has 6 nitrogen and oxygen atoms in total. The average molecular weight is 262 g/mol. The topological polar surface area (TPSA) is 101 Å². The Bertz CT molecular complexity index is 580. The molecule has 2 aromatic rings. The standard InChI is InChI=1S/C11H10N4O2S/c12-10(15-17)7-3-1-2-4-8(7)14-11(16)9-5-13-6-18-9/h1-6,17H,(H2,12,15)(H,14,16). The summed E-state index contributed by atoms with van der Waals surface area (Å²) in [7, 11) is 0. The van der Waals surface area contributed by atoms with Crippen LogP contribution in [0, 0.1) is 0 Å². The third-order valence-electron chi connectivity index (χ3n) is 2.22. The molecule has 4 N–H and O–H groups in total. The first-order valence-corrected chi connectivity index (χ1v) is 5.87. The van der Waals surface area contributed by atoms with Crippen LogP contribution in [-0.2, 0) is 0 Å². The summed E-state index contributed by atoms with van der Waals surface area (Å²) in [5, 5.41) is 14.3. The molecule has 92 valence electrons. The number of thiazole rings is 1. The second kappa shape index (κ2) is 5.28. The normalized spacial score (nSPS) is 11.2. The van der Waals surface area contributed by atoms with Gasteiger partial charge in [-0.25, -0.2) is 0 Å². The molecule has 0 aliphatic carbocycles. The monoisotopic (exact) mass is 262 g/mol. The van der Waals surface area contributed by atoms with E-state index in [1.54, 1.807) is 29.8 Å². The van der Waals surface area contributed by atoms with E-state index in [0.717, 1.165) is 0 Å². The van der Waals surface area contributed by atoms with E-state index in [4.69, 9.17) is 10.9 Å². The van der Waals surface area contributed by atoms with E-state index >= 15 is 0 Å². The van der Waals surface area contributed by atoms with E-state index < -0.39 is 0 Å². The van der Waals surface area contributed by atoms with E-state index in [1.165, 1.54) is 17.5 Å². The van der Waals surface area contributed by atoms with Gasteiger partial charge in [0.1, 0.15) is 4.88 Å². The molecule has 0 atom stereocenters. The van der Waals surface area contributed by atoms with Crippen LogP contribution in [0.5, 0.6) is 0 Å². The van der Waals surface area contributed by atoms with Crippen molar-refractivity contribution in [2.24, 2.45) is 10.9 Å². The molecule has 18 heavy (non-hydrogen) atoms. The first-order chi connectivity index (χ1) is 8.72. The van der Waals surface area contributed by atoms with Gasteiger partial charge in [-0.1, -0.05) is 17.3 Å². The van der Waals surface area contributed by atoms with Crippen LogP contribution < -0.4 is 11.1 Å². The Hall–Kier alpha value is -2.41. The van der Waals surface area contributed by atoms with Crippen LogP contribution in [0.15, 0.2) is 41.1 Å². The van der Waals surface area contributed by atoms with Gasteiger partial charge in [-0.15, -0.1) is 11.3 Å². The first kappa shape index (κ1) is 12.1. The highest BCUT2D eigenvalue weighted by molar-refractivity contribution is 7.11. The van der Waals surface area contributed by atoms with Gasteiger partial charge in [-0.2, -0.15) is 0 Å². The maximum Gasteiger partial charge on any atom is 0.267 e. The second-order valence-electron chi connectivity index (χ2n) is 3.35. The highest BCUT2D eigenvalue weighted by atomic mass is 32.1. The molecule has 0 aliphatic heterocycles. The zero-order chi connectivity index (χ0) is 13.0. The predicted molar refractivity (Wildman–Crippen MR) is 69.0 cm³/mol. The summed E-state index contributed by atoms with van der Waals surface area (Å²) in [4.78, 5) is 16.2. The number of aromatic nitrogens is 1. The number of anilines is 1. The van der Waals surface area contributed by atoms with Gasteiger partial charge < -0.3 is 16.3 Å². The van der Waals surface area contributed by atoms with Gasteiger partial charge in [0, 0.05) is 5.56 Å². The predicted octanol–water partition coefficient (Wildman–Crippen LogP) is 1.49. The molecule has 0 saturated heterocycles. The number of nitrogens with two attached hydrogens (primary N) is 1. The third-order valence-corrected chi connectivity index (χ3v) is 2.99. The first-order valence-electron chi connectivity index (χ1n) is 4.99. The zero-order valence-electron chi connectivity index (χ0n) is 9.20. The Morgan fingerprint density at radius 1 is 1.44 bits per heavy atom. The molecule has 1 amide bonds. The molecular weight excluding hydrogens is 252 g/mol. The van der Waals surface area contributed by atoms with Gasteiger partial charge in [-0.05, 0) is 12.1 Å². The Kier molecular flexibility index (Phi) is 3.54. The van der Waals surface area contributed by atoms with Gasteiger partial charge in [0.2, 0.25) is 0 Å². The number of hydrogen-bond donors (Lipinski definition) is 3. The summed E-state index contributed by atoms with van der Waals surface area (Å²) in [5.74, 6) is -0.342. The van der Waals surface area contributed by atoms with Crippen molar-refractivity contribution in [3.05, 3.63) is 46.4 Å². The van der Waals surface area contributed by atoms with Crippen LogP contribution in [0.25, 0.3) is 0 Å². The molecule has 1 aromatic carbocycles. The molecule has 1 aromatic heterocycles. The fourth-order valence-corrected chi connectivity index (χ4v) is 1.90. The van der Waals surface area contributed by atoms with Crippen LogP contribution in [0.3, 0.4) is 0 Å². The van der Waals surface area contributed by atoms with Crippen LogP contribution >= 0.6 is 11.3 Å². The number of para-hydroxylation sites is 1. The number of benzene rings is 1. The number of amides is 1. The lowest BCUT2D eigenvalue weighted by Gasteiger charge is -2.08. The average Bonchev–Trinajstić information content (AvgIpc) is 2.92. The van der Waals surface area contributed by atoms with Crippen molar-refractivity contribution in [1.29, 1.82) is 0 Å². The molecule has 0 bridgehead atoms. The van der Waals surface area contributed by atoms with E-state index in [9.17, 15) is 4.79 Å². The lowest BCUT2D eigenvalue weighted by molar-refractivity contribution is 0.103. The Morgan fingerprint density at radius 3 is 2.89 bits per heavy atom. The number of nitrogens with zero attached hydrogens (tertiary/aromatic N) is 2. The molecule has 0 aliphatic rings. The quantitative estimate of drug-likeness (QED) is 0.337. The van der Waals surface area contributed by atoms with Crippen molar-refractivity contribution < 1.29 is 10.0 Å². The van der Waals surface area contributed by atoms with E-state index in [-0.39, 0.29) is 11.7 Å². The molecular formula is C11H10N4O2S. The molecule has 2 rings (SSSR count). The van der Waals surface area contributed by atoms with Gasteiger partial charge in [0.25, 0.3) is 5.91 Å². The zero-order valence-corrected chi connectivity index (χ0v) is 10.0.